The van der Waals surface area contributed by atoms with Gasteiger partial charge in [-0.25, -0.2) is 0 Å². The number of anilines is 1. The zero-order valence-electron chi connectivity index (χ0n) is 10.8. The fourth-order valence-electron chi connectivity index (χ4n) is 1.87. The third-order valence-electron chi connectivity index (χ3n) is 2.39. The molecule has 1 unspecified atom stereocenters. The van der Waals surface area contributed by atoms with Crippen LogP contribution in [-0.2, 0) is 0 Å². The second-order valence-electron chi connectivity index (χ2n) is 4.97. The summed E-state index contributed by atoms with van der Waals surface area (Å²) in [5, 5.41) is 3.56. The smallest absolute Gasteiger partial charge is 0.0390 e. The molecular weight excluding hydrogens is 198 g/mol. The summed E-state index contributed by atoms with van der Waals surface area (Å²) in [7, 11) is 4.23. The van der Waals surface area contributed by atoms with Crippen molar-refractivity contribution in [1.82, 2.24) is 9.88 Å². The molecule has 16 heavy (non-hydrogen) atoms. The zero-order valence-corrected chi connectivity index (χ0v) is 10.8. The van der Waals surface area contributed by atoms with E-state index < -0.39 is 0 Å². The minimum absolute atomic E-state index is 0.498. The van der Waals surface area contributed by atoms with E-state index in [1.165, 1.54) is 6.42 Å². The molecule has 0 spiro atoms. The first kappa shape index (κ1) is 13.0. The van der Waals surface area contributed by atoms with E-state index in [4.69, 9.17) is 0 Å². The fraction of sp³-hybridized carbons (Fsp3) is 0.615. The highest BCUT2D eigenvalue weighted by Gasteiger charge is 2.11. The second-order valence-corrected chi connectivity index (χ2v) is 4.97. The van der Waals surface area contributed by atoms with E-state index in [9.17, 15) is 0 Å². The van der Waals surface area contributed by atoms with Gasteiger partial charge in [-0.15, -0.1) is 0 Å². The van der Waals surface area contributed by atoms with Gasteiger partial charge in [0.05, 0.1) is 0 Å². The highest BCUT2D eigenvalue weighted by Crippen LogP contribution is 2.12. The summed E-state index contributed by atoms with van der Waals surface area (Å²) in [5.41, 5.74) is 1.16. The number of pyridine rings is 1. The Balaban J connectivity index is 2.56. The highest BCUT2D eigenvalue weighted by molar-refractivity contribution is 5.41. The molecule has 0 fully saturated rings. The summed E-state index contributed by atoms with van der Waals surface area (Å²) in [6.07, 6.45) is 4.83. The quantitative estimate of drug-likeness (QED) is 0.800. The van der Waals surface area contributed by atoms with Crippen LogP contribution in [0.2, 0.25) is 0 Å². The number of nitrogens with zero attached hydrogens (tertiary/aromatic N) is 2. The average Bonchev–Trinajstić information content (AvgIpc) is 2.16. The molecule has 0 saturated carbocycles. The molecule has 0 saturated heterocycles. The summed E-state index contributed by atoms with van der Waals surface area (Å²) in [6.45, 7) is 5.58. The highest BCUT2D eigenvalue weighted by atomic mass is 15.1. The van der Waals surface area contributed by atoms with Gasteiger partial charge in [0.25, 0.3) is 0 Å². The molecule has 0 aliphatic carbocycles. The standard InChI is InChI=1S/C13H23N3/c1-11(2)9-13(10-16(3)4)15-12-5-7-14-8-6-12/h5-8,11,13H,9-10H2,1-4H3,(H,14,15). The predicted molar refractivity (Wildman–Crippen MR) is 69.7 cm³/mol. The SMILES string of the molecule is CC(C)CC(CN(C)C)Nc1ccncc1. The summed E-state index contributed by atoms with van der Waals surface area (Å²) in [5.74, 6) is 0.708. The lowest BCUT2D eigenvalue weighted by atomic mass is 10.0. The molecular formula is C13H23N3. The monoisotopic (exact) mass is 221 g/mol. The van der Waals surface area contributed by atoms with Crippen LogP contribution in [0.5, 0.6) is 0 Å². The molecule has 1 atom stereocenters. The number of likely N-dealkylation sites (N-methyl/N-ethyl adjacent to an activating group) is 1. The number of rotatable bonds is 6. The number of hydrogen-bond donors (Lipinski definition) is 1. The van der Waals surface area contributed by atoms with E-state index in [0.29, 0.717) is 12.0 Å². The number of hydrogen-bond acceptors (Lipinski definition) is 3. The van der Waals surface area contributed by atoms with Gasteiger partial charge < -0.3 is 10.2 Å². The van der Waals surface area contributed by atoms with Crippen LogP contribution in [0.15, 0.2) is 24.5 Å². The second kappa shape index (κ2) is 6.48. The molecule has 1 N–H and O–H groups in total. The first-order valence-corrected chi connectivity index (χ1v) is 5.89. The van der Waals surface area contributed by atoms with Crippen molar-refractivity contribution in [2.24, 2.45) is 5.92 Å². The van der Waals surface area contributed by atoms with Crippen molar-refractivity contribution in [3.8, 4) is 0 Å². The van der Waals surface area contributed by atoms with Crippen molar-refractivity contribution in [3.63, 3.8) is 0 Å². The van der Waals surface area contributed by atoms with Gasteiger partial charge in [-0.2, -0.15) is 0 Å². The van der Waals surface area contributed by atoms with Crippen molar-refractivity contribution in [1.29, 1.82) is 0 Å². The van der Waals surface area contributed by atoms with Crippen molar-refractivity contribution < 1.29 is 0 Å². The van der Waals surface area contributed by atoms with Gasteiger partial charge in [-0.1, -0.05) is 13.8 Å². The van der Waals surface area contributed by atoms with Crippen LogP contribution in [0.1, 0.15) is 20.3 Å². The first-order valence-electron chi connectivity index (χ1n) is 5.89. The summed E-state index contributed by atoms with van der Waals surface area (Å²) in [4.78, 5) is 6.25. The molecule has 0 amide bonds. The van der Waals surface area contributed by atoms with Crippen molar-refractivity contribution in [2.75, 3.05) is 26.0 Å². The largest absolute Gasteiger partial charge is 0.381 e. The Kier molecular flexibility index (Phi) is 5.26. The summed E-state index contributed by atoms with van der Waals surface area (Å²) < 4.78 is 0. The van der Waals surface area contributed by atoms with E-state index in [1.54, 1.807) is 0 Å². The molecule has 1 rings (SSSR count). The Morgan fingerprint density at radius 1 is 1.25 bits per heavy atom. The maximum atomic E-state index is 4.02. The normalized spacial score (nSPS) is 13.1. The third-order valence-corrected chi connectivity index (χ3v) is 2.39. The fourth-order valence-corrected chi connectivity index (χ4v) is 1.87. The van der Waals surface area contributed by atoms with Crippen molar-refractivity contribution in [2.45, 2.75) is 26.3 Å². The maximum absolute atomic E-state index is 4.02. The average molecular weight is 221 g/mol. The Morgan fingerprint density at radius 2 is 1.88 bits per heavy atom. The van der Waals surface area contributed by atoms with E-state index in [1.807, 2.05) is 24.5 Å². The van der Waals surface area contributed by atoms with Gasteiger partial charge in [-0.05, 0) is 38.6 Å². The molecule has 1 heterocycles. The van der Waals surface area contributed by atoms with Crippen LogP contribution >= 0.6 is 0 Å². The van der Waals surface area contributed by atoms with Crippen LogP contribution in [0.4, 0.5) is 5.69 Å². The Hall–Kier alpha value is -1.09. The lowest BCUT2D eigenvalue weighted by molar-refractivity contribution is 0.356. The summed E-state index contributed by atoms with van der Waals surface area (Å²) >= 11 is 0. The number of nitrogens with one attached hydrogen (secondary N) is 1. The first-order chi connectivity index (χ1) is 7.58. The van der Waals surface area contributed by atoms with Crippen LogP contribution in [0.3, 0.4) is 0 Å². The number of aromatic nitrogens is 1. The van der Waals surface area contributed by atoms with Gasteiger partial charge in [0.15, 0.2) is 0 Å². The lowest BCUT2D eigenvalue weighted by Gasteiger charge is -2.24. The molecule has 1 aromatic rings. The molecule has 3 heteroatoms. The molecule has 0 aromatic carbocycles. The van der Waals surface area contributed by atoms with E-state index >= 15 is 0 Å². The minimum atomic E-state index is 0.498. The van der Waals surface area contributed by atoms with E-state index in [0.717, 1.165) is 12.2 Å². The molecule has 0 radical (unpaired) electrons. The van der Waals surface area contributed by atoms with Crippen LogP contribution in [0.25, 0.3) is 0 Å². The Labute approximate surface area is 98.9 Å². The molecule has 0 aliphatic heterocycles. The molecule has 3 nitrogen and oxygen atoms in total. The van der Waals surface area contributed by atoms with Crippen LogP contribution in [-0.4, -0.2) is 36.6 Å². The maximum Gasteiger partial charge on any atom is 0.0390 e. The topological polar surface area (TPSA) is 28.2 Å². The van der Waals surface area contributed by atoms with E-state index in [2.05, 4.69) is 43.1 Å². The van der Waals surface area contributed by atoms with E-state index in [-0.39, 0.29) is 0 Å². The van der Waals surface area contributed by atoms with Gasteiger partial charge in [0.2, 0.25) is 0 Å². The van der Waals surface area contributed by atoms with Gasteiger partial charge in [0, 0.05) is 30.7 Å². The predicted octanol–water partition coefficient (Wildman–Crippen LogP) is 2.47. The van der Waals surface area contributed by atoms with Crippen LogP contribution in [0, 0.1) is 5.92 Å². The van der Waals surface area contributed by atoms with Gasteiger partial charge in [-0.3, -0.25) is 4.98 Å². The third kappa shape index (κ3) is 5.12. The van der Waals surface area contributed by atoms with Crippen molar-refractivity contribution >= 4 is 5.69 Å². The minimum Gasteiger partial charge on any atom is -0.381 e. The Bertz CT molecular complexity index is 272. The van der Waals surface area contributed by atoms with Gasteiger partial charge in [0.1, 0.15) is 0 Å². The van der Waals surface area contributed by atoms with Crippen LogP contribution < -0.4 is 5.32 Å². The van der Waals surface area contributed by atoms with Gasteiger partial charge >= 0.3 is 0 Å². The zero-order chi connectivity index (χ0) is 12.0. The lowest BCUT2D eigenvalue weighted by Crippen LogP contribution is -2.33. The molecule has 1 aromatic heterocycles. The van der Waals surface area contributed by atoms with Crippen molar-refractivity contribution in [3.05, 3.63) is 24.5 Å². The Morgan fingerprint density at radius 3 is 2.38 bits per heavy atom. The molecule has 90 valence electrons. The molecule has 0 aliphatic rings. The summed E-state index contributed by atoms with van der Waals surface area (Å²) in [6, 6.07) is 4.53. The molecule has 0 bridgehead atoms.